The van der Waals surface area contributed by atoms with Gasteiger partial charge in [0.1, 0.15) is 0 Å². The zero-order chi connectivity index (χ0) is 22.6. The highest BCUT2D eigenvalue weighted by atomic mass is 19.3. The Bertz CT molecular complexity index is 453. The number of hydrogen-bond acceptors (Lipinski definition) is 4. The van der Waals surface area contributed by atoms with E-state index >= 15 is 8.78 Å². The van der Waals surface area contributed by atoms with Crippen LogP contribution >= 0.6 is 0 Å². The van der Waals surface area contributed by atoms with Crippen molar-refractivity contribution in [3.8, 4) is 0 Å². The lowest BCUT2D eigenvalue weighted by Crippen LogP contribution is -2.64. The van der Waals surface area contributed by atoms with Gasteiger partial charge in [-0.25, -0.2) is 9.80 Å². The summed E-state index contributed by atoms with van der Waals surface area (Å²) >= 11 is 0. The van der Waals surface area contributed by atoms with Gasteiger partial charge in [-0.1, -0.05) is 41.5 Å². The highest BCUT2D eigenvalue weighted by molar-refractivity contribution is 5.21. The van der Waals surface area contributed by atoms with Crippen LogP contribution in [0.3, 0.4) is 0 Å². The Hall–Kier alpha value is -0.300. The summed E-state index contributed by atoms with van der Waals surface area (Å²) in [6, 6.07) is -0.736. The molecule has 0 saturated carbocycles. The molecule has 0 spiro atoms. The van der Waals surface area contributed by atoms with Crippen molar-refractivity contribution in [2.24, 2.45) is 0 Å². The van der Waals surface area contributed by atoms with E-state index < -0.39 is 17.2 Å². The van der Waals surface area contributed by atoms with E-state index in [2.05, 4.69) is 27.7 Å². The second-order valence-electron chi connectivity index (χ2n) is 8.56. The molecule has 29 heavy (non-hydrogen) atoms. The molecule has 4 nitrogen and oxygen atoms in total. The number of alkyl halides is 2. The number of halogens is 2. The summed E-state index contributed by atoms with van der Waals surface area (Å²) in [5.74, 6) is 0. The molecule has 1 fully saturated rings. The van der Waals surface area contributed by atoms with Gasteiger partial charge in [0.25, 0.3) is 0 Å². The summed E-state index contributed by atoms with van der Waals surface area (Å²) < 4.78 is 44.4. The summed E-state index contributed by atoms with van der Waals surface area (Å²) in [4.78, 5) is 3.10. The van der Waals surface area contributed by atoms with E-state index in [0.29, 0.717) is 38.5 Å². The van der Waals surface area contributed by atoms with Gasteiger partial charge in [-0.05, 0) is 52.4 Å². The summed E-state index contributed by atoms with van der Waals surface area (Å²) in [5, 5.41) is 0. The first kappa shape index (κ1) is 26.7. The van der Waals surface area contributed by atoms with Crippen LogP contribution in [-0.2, 0) is 9.47 Å². The molecule has 0 aliphatic carbocycles. The van der Waals surface area contributed by atoms with Crippen LogP contribution in [0.15, 0.2) is 0 Å². The topological polar surface area (TPSA) is 24.9 Å². The Labute approximate surface area is 178 Å². The van der Waals surface area contributed by atoms with Crippen molar-refractivity contribution in [1.82, 2.24) is 9.80 Å². The molecule has 0 amide bonds. The molecular formula is C23H46F2N2O2. The van der Waals surface area contributed by atoms with Gasteiger partial charge in [-0.3, -0.25) is 0 Å². The number of hydrogen-bond donors (Lipinski definition) is 0. The first-order chi connectivity index (χ1) is 13.6. The maximum absolute atomic E-state index is 16.6. The fourth-order valence-electron chi connectivity index (χ4n) is 6.37. The number of nitrogens with zero attached hydrogens (tertiary/aromatic N) is 2. The first-order valence-electron chi connectivity index (χ1n) is 11.6. The SMILES string of the molecule is CCC(C(C)OC)N1C(F)(F)N(C(CC)C(C)OC)C(CC)(CC)C1(CC)CC. The Morgan fingerprint density at radius 3 is 1.10 bits per heavy atom. The zero-order valence-corrected chi connectivity index (χ0v) is 20.5. The van der Waals surface area contributed by atoms with E-state index in [1.807, 2.05) is 27.7 Å². The van der Waals surface area contributed by atoms with E-state index in [1.165, 1.54) is 0 Å². The maximum Gasteiger partial charge on any atom is 0.371 e. The average Bonchev–Trinajstić information content (AvgIpc) is 2.90. The Morgan fingerprint density at radius 1 is 0.655 bits per heavy atom. The molecule has 6 heteroatoms. The minimum Gasteiger partial charge on any atom is -0.380 e. The van der Waals surface area contributed by atoms with Crippen molar-refractivity contribution >= 4 is 0 Å². The third-order valence-electron chi connectivity index (χ3n) is 8.03. The smallest absolute Gasteiger partial charge is 0.371 e. The van der Waals surface area contributed by atoms with Crippen LogP contribution in [0.2, 0.25) is 0 Å². The molecule has 0 aromatic carbocycles. The zero-order valence-electron chi connectivity index (χ0n) is 20.5. The van der Waals surface area contributed by atoms with Gasteiger partial charge in [-0.15, -0.1) is 0 Å². The van der Waals surface area contributed by atoms with Crippen LogP contribution in [0.4, 0.5) is 8.78 Å². The quantitative estimate of drug-likeness (QED) is 0.367. The lowest BCUT2D eigenvalue weighted by Gasteiger charge is -2.52. The molecule has 0 radical (unpaired) electrons. The molecular weight excluding hydrogens is 374 g/mol. The van der Waals surface area contributed by atoms with Gasteiger partial charge in [-0.2, -0.15) is 8.78 Å². The molecule has 1 aliphatic rings. The second-order valence-corrected chi connectivity index (χ2v) is 8.56. The summed E-state index contributed by atoms with van der Waals surface area (Å²) in [5.41, 5.74) is -1.29. The lowest BCUT2D eigenvalue weighted by atomic mass is 9.68. The minimum absolute atomic E-state index is 0.283. The predicted octanol–water partition coefficient (Wildman–Crippen LogP) is 5.90. The van der Waals surface area contributed by atoms with Gasteiger partial charge in [0.2, 0.25) is 0 Å². The Kier molecular flexibility index (Phi) is 9.53. The second kappa shape index (κ2) is 10.3. The Balaban J connectivity index is 3.90. The monoisotopic (exact) mass is 420 g/mol. The standard InChI is InChI=1S/C23H46F2N2O2/c1-11-19(17(7)28-9)26-21(13-3,14-4)22(15-5,16-6)27(23(26,24)25)20(12-2)18(8)29-10/h17-20H,11-16H2,1-10H3. The molecule has 1 saturated heterocycles. The van der Waals surface area contributed by atoms with Crippen LogP contribution in [0.1, 0.15) is 93.9 Å². The fraction of sp³-hybridized carbons (Fsp3) is 1.00. The average molecular weight is 421 g/mol. The summed E-state index contributed by atoms with van der Waals surface area (Å²) in [6.07, 6.45) is 0.248. The van der Waals surface area contributed by atoms with Crippen LogP contribution in [0.5, 0.6) is 0 Å². The molecule has 0 N–H and O–H groups in total. The van der Waals surface area contributed by atoms with E-state index in [-0.39, 0.29) is 24.3 Å². The largest absolute Gasteiger partial charge is 0.380 e. The molecule has 0 aromatic heterocycles. The maximum atomic E-state index is 16.6. The molecule has 4 atom stereocenters. The van der Waals surface area contributed by atoms with Gasteiger partial charge in [0.15, 0.2) is 0 Å². The van der Waals surface area contributed by atoms with Gasteiger partial charge in [0.05, 0.1) is 12.2 Å². The van der Waals surface area contributed by atoms with Crippen molar-refractivity contribution in [3.63, 3.8) is 0 Å². The first-order valence-corrected chi connectivity index (χ1v) is 11.6. The normalized spacial score (nSPS) is 25.7. The van der Waals surface area contributed by atoms with E-state index in [0.717, 1.165) is 0 Å². The third-order valence-corrected chi connectivity index (χ3v) is 8.03. The number of methoxy groups -OCH3 is 2. The number of rotatable bonds is 12. The van der Waals surface area contributed by atoms with Crippen molar-refractivity contribution in [2.45, 2.75) is 135 Å². The van der Waals surface area contributed by atoms with Crippen molar-refractivity contribution in [1.29, 1.82) is 0 Å². The van der Waals surface area contributed by atoms with Crippen LogP contribution < -0.4 is 0 Å². The summed E-state index contributed by atoms with van der Waals surface area (Å²) in [7, 11) is 3.24. The molecule has 0 bridgehead atoms. The molecule has 4 unspecified atom stereocenters. The van der Waals surface area contributed by atoms with Crippen molar-refractivity contribution in [2.75, 3.05) is 14.2 Å². The van der Waals surface area contributed by atoms with Crippen molar-refractivity contribution < 1.29 is 18.3 Å². The summed E-state index contributed by atoms with van der Waals surface area (Å²) in [6.45, 7) is 16.1. The van der Waals surface area contributed by atoms with E-state index in [1.54, 1.807) is 24.0 Å². The predicted molar refractivity (Wildman–Crippen MR) is 116 cm³/mol. The molecule has 1 heterocycles. The molecule has 1 rings (SSSR count). The van der Waals surface area contributed by atoms with E-state index in [9.17, 15) is 0 Å². The van der Waals surface area contributed by atoms with Crippen LogP contribution in [0, 0.1) is 0 Å². The van der Waals surface area contributed by atoms with Gasteiger partial charge >= 0.3 is 6.17 Å². The highest BCUT2D eigenvalue weighted by Gasteiger charge is 2.74. The van der Waals surface area contributed by atoms with E-state index in [4.69, 9.17) is 9.47 Å². The third kappa shape index (κ3) is 3.88. The fourth-order valence-corrected chi connectivity index (χ4v) is 6.37. The minimum atomic E-state index is -3.08. The molecule has 174 valence electrons. The van der Waals surface area contributed by atoms with Gasteiger partial charge < -0.3 is 9.47 Å². The highest BCUT2D eigenvalue weighted by Crippen LogP contribution is 2.59. The Morgan fingerprint density at radius 2 is 0.931 bits per heavy atom. The van der Waals surface area contributed by atoms with Crippen LogP contribution in [0.25, 0.3) is 0 Å². The van der Waals surface area contributed by atoms with Crippen LogP contribution in [-0.4, -0.2) is 65.6 Å². The number of ether oxygens (including phenoxy) is 2. The lowest BCUT2D eigenvalue weighted by molar-refractivity contribution is -0.269. The van der Waals surface area contributed by atoms with Gasteiger partial charge in [0, 0.05) is 37.4 Å². The molecule has 0 aromatic rings. The van der Waals surface area contributed by atoms with Crippen molar-refractivity contribution in [3.05, 3.63) is 0 Å². The molecule has 1 aliphatic heterocycles.